The number of hydrogen-bond donors (Lipinski definition) is 1. The molecular formula is C8H10ClNS. The second-order valence-electron chi connectivity index (χ2n) is 2.48. The molecule has 0 radical (unpaired) electrons. The van der Waals surface area contributed by atoms with E-state index in [4.69, 9.17) is 11.6 Å². The molecule has 0 aliphatic carbocycles. The van der Waals surface area contributed by atoms with Gasteiger partial charge in [0.25, 0.3) is 0 Å². The van der Waals surface area contributed by atoms with Crippen LogP contribution in [0.4, 0.5) is 0 Å². The summed E-state index contributed by atoms with van der Waals surface area (Å²) < 4.78 is 0. The molecule has 1 aromatic heterocycles. The molecular weight excluding hydrogens is 178 g/mol. The lowest BCUT2D eigenvalue weighted by molar-refractivity contribution is 0.875. The van der Waals surface area contributed by atoms with E-state index in [1.165, 1.54) is 0 Å². The number of nitrogens with zero attached hydrogens (tertiary/aromatic N) is 1. The number of pyridine rings is 1. The van der Waals surface area contributed by atoms with Gasteiger partial charge < -0.3 is 0 Å². The summed E-state index contributed by atoms with van der Waals surface area (Å²) in [6, 6.07) is 1.80. The summed E-state index contributed by atoms with van der Waals surface area (Å²) in [6.07, 6.45) is 3.49. The first-order valence-electron chi connectivity index (χ1n) is 3.46. The van der Waals surface area contributed by atoms with Crippen molar-refractivity contribution in [1.82, 2.24) is 4.98 Å². The SMILES string of the molecule is CC(CS)c1cnccc1Cl. The maximum absolute atomic E-state index is 5.92. The molecule has 3 heteroatoms. The van der Waals surface area contributed by atoms with Crippen molar-refractivity contribution in [2.45, 2.75) is 12.8 Å². The molecule has 0 aliphatic heterocycles. The highest BCUT2D eigenvalue weighted by atomic mass is 35.5. The third kappa shape index (κ3) is 2.11. The molecule has 0 bridgehead atoms. The van der Waals surface area contributed by atoms with E-state index < -0.39 is 0 Å². The van der Waals surface area contributed by atoms with Gasteiger partial charge in [-0.05, 0) is 23.3 Å². The zero-order chi connectivity index (χ0) is 8.27. The molecule has 1 rings (SSSR count). The second-order valence-corrected chi connectivity index (χ2v) is 3.25. The quantitative estimate of drug-likeness (QED) is 0.703. The molecule has 11 heavy (non-hydrogen) atoms. The van der Waals surface area contributed by atoms with Crippen LogP contribution in [0.1, 0.15) is 18.4 Å². The van der Waals surface area contributed by atoms with Crippen LogP contribution >= 0.6 is 24.2 Å². The Labute approximate surface area is 77.2 Å². The molecule has 1 nitrogen and oxygen atoms in total. The summed E-state index contributed by atoms with van der Waals surface area (Å²) in [5, 5.41) is 0.779. The smallest absolute Gasteiger partial charge is 0.0471 e. The Balaban J connectivity index is 2.93. The van der Waals surface area contributed by atoms with Gasteiger partial charge in [0.1, 0.15) is 0 Å². The van der Waals surface area contributed by atoms with Crippen molar-refractivity contribution in [2.75, 3.05) is 5.75 Å². The third-order valence-corrected chi connectivity index (χ3v) is 2.49. The van der Waals surface area contributed by atoms with Crippen molar-refractivity contribution in [2.24, 2.45) is 0 Å². The lowest BCUT2D eigenvalue weighted by atomic mass is 10.1. The largest absolute Gasteiger partial charge is 0.264 e. The molecule has 0 aliphatic rings. The van der Waals surface area contributed by atoms with Crippen molar-refractivity contribution in [1.29, 1.82) is 0 Å². The Morgan fingerprint density at radius 3 is 3.00 bits per heavy atom. The summed E-state index contributed by atoms with van der Waals surface area (Å²) >= 11 is 10.1. The molecule has 60 valence electrons. The molecule has 0 N–H and O–H groups in total. The molecule has 0 spiro atoms. The predicted molar refractivity (Wildman–Crippen MR) is 51.5 cm³/mol. The molecule has 1 unspecified atom stereocenters. The maximum Gasteiger partial charge on any atom is 0.0471 e. The zero-order valence-electron chi connectivity index (χ0n) is 6.29. The molecule has 1 atom stereocenters. The number of hydrogen-bond acceptors (Lipinski definition) is 2. The highest BCUT2D eigenvalue weighted by Gasteiger charge is 2.06. The molecule has 0 saturated carbocycles. The van der Waals surface area contributed by atoms with E-state index in [0.29, 0.717) is 5.92 Å². The van der Waals surface area contributed by atoms with Crippen molar-refractivity contribution >= 4 is 24.2 Å². The zero-order valence-corrected chi connectivity index (χ0v) is 7.94. The predicted octanol–water partition coefficient (Wildman–Crippen LogP) is 2.77. The van der Waals surface area contributed by atoms with E-state index in [0.717, 1.165) is 16.3 Å². The van der Waals surface area contributed by atoms with E-state index in [-0.39, 0.29) is 0 Å². The lowest BCUT2D eigenvalue weighted by Gasteiger charge is -2.08. The lowest BCUT2D eigenvalue weighted by Crippen LogP contribution is -1.96. The number of aromatic nitrogens is 1. The van der Waals surface area contributed by atoms with Crippen molar-refractivity contribution < 1.29 is 0 Å². The average molecular weight is 188 g/mol. The van der Waals surface area contributed by atoms with E-state index in [1.807, 2.05) is 0 Å². The fourth-order valence-electron chi connectivity index (χ4n) is 0.851. The highest BCUT2D eigenvalue weighted by Crippen LogP contribution is 2.23. The van der Waals surface area contributed by atoms with Crippen molar-refractivity contribution in [3.05, 3.63) is 29.0 Å². The minimum absolute atomic E-state index is 0.375. The van der Waals surface area contributed by atoms with Crippen LogP contribution in [0.3, 0.4) is 0 Å². The van der Waals surface area contributed by atoms with E-state index in [2.05, 4.69) is 24.5 Å². The minimum Gasteiger partial charge on any atom is -0.264 e. The van der Waals surface area contributed by atoms with E-state index in [1.54, 1.807) is 18.5 Å². The van der Waals surface area contributed by atoms with Gasteiger partial charge in [-0.15, -0.1) is 0 Å². The van der Waals surface area contributed by atoms with Crippen LogP contribution in [-0.4, -0.2) is 10.7 Å². The second kappa shape index (κ2) is 3.98. The van der Waals surface area contributed by atoms with Crippen LogP contribution in [0.25, 0.3) is 0 Å². The van der Waals surface area contributed by atoms with Crippen LogP contribution in [-0.2, 0) is 0 Å². The standard InChI is InChI=1S/C8H10ClNS/c1-6(5-11)7-4-10-3-2-8(7)9/h2-4,6,11H,5H2,1H3. The monoisotopic (exact) mass is 187 g/mol. The number of rotatable bonds is 2. The summed E-state index contributed by atoms with van der Waals surface area (Å²) in [6.45, 7) is 2.08. The Morgan fingerprint density at radius 1 is 1.73 bits per heavy atom. The average Bonchev–Trinajstić information content (AvgIpc) is 2.04. The highest BCUT2D eigenvalue weighted by molar-refractivity contribution is 7.80. The first-order valence-corrected chi connectivity index (χ1v) is 4.47. The molecule has 1 heterocycles. The Hall–Kier alpha value is -0.210. The normalized spacial score (nSPS) is 13.0. The Bertz CT molecular complexity index is 239. The molecule has 0 fully saturated rings. The topological polar surface area (TPSA) is 12.9 Å². The summed E-state index contributed by atoms with van der Waals surface area (Å²) in [4.78, 5) is 4.00. The minimum atomic E-state index is 0.375. The first kappa shape index (κ1) is 8.88. The third-order valence-electron chi connectivity index (χ3n) is 1.60. The molecule has 1 aromatic rings. The number of thiol groups is 1. The van der Waals surface area contributed by atoms with Crippen LogP contribution in [0.15, 0.2) is 18.5 Å². The first-order chi connectivity index (χ1) is 5.25. The van der Waals surface area contributed by atoms with Crippen LogP contribution in [0, 0.1) is 0 Å². The van der Waals surface area contributed by atoms with Gasteiger partial charge in [-0.3, -0.25) is 4.98 Å². The fraction of sp³-hybridized carbons (Fsp3) is 0.375. The van der Waals surface area contributed by atoms with Crippen molar-refractivity contribution in [3.63, 3.8) is 0 Å². The molecule has 0 saturated heterocycles. The summed E-state index contributed by atoms with van der Waals surface area (Å²) in [5.74, 6) is 1.17. The van der Waals surface area contributed by atoms with Gasteiger partial charge in [0.05, 0.1) is 0 Å². The van der Waals surface area contributed by atoms with Crippen LogP contribution < -0.4 is 0 Å². The maximum atomic E-state index is 5.92. The molecule has 0 amide bonds. The molecule has 0 aromatic carbocycles. The number of halogens is 1. The van der Waals surface area contributed by atoms with Gasteiger partial charge in [0.15, 0.2) is 0 Å². The van der Waals surface area contributed by atoms with E-state index in [9.17, 15) is 0 Å². The summed E-state index contributed by atoms with van der Waals surface area (Å²) in [7, 11) is 0. The van der Waals surface area contributed by atoms with E-state index >= 15 is 0 Å². The van der Waals surface area contributed by atoms with Gasteiger partial charge in [0, 0.05) is 17.4 Å². The van der Waals surface area contributed by atoms with Crippen molar-refractivity contribution in [3.8, 4) is 0 Å². The van der Waals surface area contributed by atoms with Gasteiger partial charge in [-0.25, -0.2) is 0 Å². The fourth-order valence-corrected chi connectivity index (χ4v) is 1.34. The van der Waals surface area contributed by atoms with Gasteiger partial charge >= 0.3 is 0 Å². The Morgan fingerprint density at radius 2 is 2.45 bits per heavy atom. The van der Waals surface area contributed by atoms with Gasteiger partial charge in [-0.2, -0.15) is 12.6 Å². The van der Waals surface area contributed by atoms with Crippen LogP contribution in [0.2, 0.25) is 5.02 Å². The van der Waals surface area contributed by atoms with Crippen LogP contribution in [0.5, 0.6) is 0 Å². The van der Waals surface area contributed by atoms with Gasteiger partial charge in [0.2, 0.25) is 0 Å². The Kier molecular flexibility index (Phi) is 3.21. The van der Waals surface area contributed by atoms with Gasteiger partial charge in [-0.1, -0.05) is 18.5 Å². The summed E-state index contributed by atoms with van der Waals surface area (Å²) in [5.41, 5.74) is 1.07.